The van der Waals surface area contributed by atoms with Crippen LogP contribution in [0.1, 0.15) is 23.2 Å². The highest BCUT2D eigenvalue weighted by atomic mass is 32.1. The van der Waals surface area contributed by atoms with E-state index in [1.807, 2.05) is 25.1 Å². The van der Waals surface area contributed by atoms with E-state index < -0.39 is 0 Å². The van der Waals surface area contributed by atoms with Crippen LogP contribution in [0, 0.1) is 6.92 Å². The highest BCUT2D eigenvalue weighted by molar-refractivity contribution is 7.09. The molecule has 0 atom stereocenters. The Morgan fingerprint density at radius 1 is 1.45 bits per heavy atom. The highest BCUT2D eigenvalue weighted by Gasteiger charge is 2.04. The van der Waals surface area contributed by atoms with Gasteiger partial charge in [0.1, 0.15) is 5.01 Å². The summed E-state index contributed by atoms with van der Waals surface area (Å²) in [6.45, 7) is 4.93. The molecule has 0 saturated heterocycles. The summed E-state index contributed by atoms with van der Waals surface area (Å²) in [6.07, 6.45) is 0. The van der Waals surface area contributed by atoms with E-state index in [0.29, 0.717) is 6.54 Å². The van der Waals surface area contributed by atoms with Gasteiger partial charge >= 0.3 is 0 Å². The predicted molar refractivity (Wildman–Crippen MR) is 82.8 cm³/mol. The van der Waals surface area contributed by atoms with Gasteiger partial charge in [0, 0.05) is 37.3 Å². The molecular formula is C15H19N3OS. The van der Waals surface area contributed by atoms with Crippen molar-refractivity contribution in [2.45, 2.75) is 26.9 Å². The second-order valence-corrected chi connectivity index (χ2v) is 5.75. The topological polar surface area (TPSA) is 45.2 Å². The molecule has 0 spiro atoms. The number of aromatic nitrogens is 1. The van der Waals surface area contributed by atoms with E-state index >= 15 is 0 Å². The molecule has 0 aliphatic carbocycles. The second kappa shape index (κ2) is 6.52. The number of nitrogens with zero attached hydrogens (tertiary/aromatic N) is 2. The third-order valence-electron chi connectivity index (χ3n) is 2.99. The number of amides is 1. The lowest BCUT2D eigenvalue weighted by Crippen LogP contribution is -2.22. The molecule has 20 heavy (non-hydrogen) atoms. The van der Waals surface area contributed by atoms with Crippen molar-refractivity contribution >= 4 is 22.9 Å². The van der Waals surface area contributed by atoms with Crippen LogP contribution in [0.5, 0.6) is 0 Å². The van der Waals surface area contributed by atoms with Crippen LogP contribution in [-0.4, -0.2) is 22.8 Å². The van der Waals surface area contributed by atoms with E-state index in [4.69, 9.17) is 0 Å². The SMILES string of the molecule is CC(=O)N(C)Cc1cccc(NCc2nc(C)cs2)c1. The van der Waals surface area contributed by atoms with Gasteiger partial charge in [0.2, 0.25) is 5.91 Å². The Hall–Kier alpha value is -1.88. The number of thiazole rings is 1. The molecule has 4 nitrogen and oxygen atoms in total. The molecule has 1 N–H and O–H groups in total. The number of aryl methyl sites for hydroxylation is 1. The zero-order valence-electron chi connectivity index (χ0n) is 12.0. The molecule has 1 heterocycles. The number of carbonyl (C=O) groups is 1. The third kappa shape index (κ3) is 4.06. The number of hydrogen-bond acceptors (Lipinski definition) is 4. The highest BCUT2D eigenvalue weighted by Crippen LogP contribution is 2.15. The minimum Gasteiger partial charge on any atom is -0.379 e. The van der Waals surface area contributed by atoms with Gasteiger partial charge in [-0.1, -0.05) is 12.1 Å². The molecule has 0 fully saturated rings. The lowest BCUT2D eigenvalue weighted by molar-refractivity contribution is -0.128. The summed E-state index contributed by atoms with van der Waals surface area (Å²) in [5, 5.41) is 6.49. The molecule has 1 aromatic carbocycles. The molecule has 5 heteroatoms. The van der Waals surface area contributed by atoms with Gasteiger partial charge < -0.3 is 10.2 Å². The number of hydrogen-bond donors (Lipinski definition) is 1. The largest absolute Gasteiger partial charge is 0.379 e. The fourth-order valence-corrected chi connectivity index (χ4v) is 2.54. The molecule has 2 aromatic rings. The first-order valence-corrected chi connectivity index (χ1v) is 7.38. The van der Waals surface area contributed by atoms with Crippen molar-refractivity contribution in [1.29, 1.82) is 0 Å². The van der Waals surface area contributed by atoms with Crippen molar-refractivity contribution in [3.8, 4) is 0 Å². The number of carbonyl (C=O) groups excluding carboxylic acids is 1. The first kappa shape index (κ1) is 14.5. The predicted octanol–water partition coefficient (Wildman–Crippen LogP) is 3.04. The minimum atomic E-state index is 0.0709. The number of nitrogens with one attached hydrogen (secondary N) is 1. The molecule has 0 aliphatic heterocycles. The van der Waals surface area contributed by atoms with E-state index in [9.17, 15) is 4.79 Å². The van der Waals surface area contributed by atoms with Crippen LogP contribution in [0.3, 0.4) is 0 Å². The van der Waals surface area contributed by atoms with Crippen molar-refractivity contribution in [1.82, 2.24) is 9.88 Å². The van der Waals surface area contributed by atoms with Crippen molar-refractivity contribution in [2.75, 3.05) is 12.4 Å². The Morgan fingerprint density at radius 2 is 2.25 bits per heavy atom. The maximum absolute atomic E-state index is 11.2. The zero-order valence-corrected chi connectivity index (χ0v) is 12.8. The average molecular weight is 289 g/mol. The van der Waals surface area contributed by atoms with E-state index in [0.717, 1.165) is 28.5 Å². The van der Waals surface area contributed by atoms with Crippen molar-refractivity contribution in [2.24, 2.45) is 0 Å². The summed E-state index contributed by atoms with van der Waals surface area (Å²) >= 11 is 1.66. The van der Waals surface area contributed by atoms with Gasteiger partial charge in [0.15, 0.2) is 0 Å². The summed E-state index contributed by atoms with van der Waals surface area (Å²) in [4.78, 5) is 17.4. The van der Waals surface area contributed by atoms with E-state index in [1.54, 1.807) is 30.2 Å². The summed E-state index contributed by atoms with van der Waals surface area (Å²) in [7, 11) is 1.81. The first-order valence-electron chi connectivity index (χ1n) is 6.50. The maximum atomic E-state index is 11.2. The third-order valence-corrected chi connectivity index (χ3v) is 3.96. The van der Waals surface area contributed by atoms with Gasteiger partial charge in [-0.3, -0.25) is 4.79 Å². The van der Waals surface area contributed by atoms with Gasteiger partial charge in [-0.15, -0.1) is 11.3 Å². The van der Waals surface area contributed by atoms with Gasteiger partial charge in [-0.2, -0.15) is 0 Å². The first-order chi connectivity index (χ1) is 9.54. The molecule has 106 valence electrons. The summed E-state index contributed by atoms with van der Waals surface area (Å²) in [5.41, 5.74) is 3.22. The Balaban J connectivity index is 1.97. The molecule has 0 bridgehead atoms. The van der Waals surface area contributed by atoms with Crippen LogP contribution < -0.4 is 5.32 Å². The minimum absolute atomic E-state index is 0.0709. The fraction of sp³-hybridized carbons (Fsp3) is 0.333. The molecule has 1 aromatic heterocycles. The monoisotopic (exact) mass is 289 g/mol. The van der Waals surface area contributed by atoms with E-state index in [2.05, 4.69) is 21.7 Å². The average Bonchev–Trinajstić information content (AvgIpc) is 2.82. The quantitative estimate of drug-likeness (QED) is 0.920. The van der Waals surface area contributed by atoms with Crippen molar-refractivity contribution in [3.63, 3.8) is 0 Å². The number of anilines is 1. The van der Waals surface area contributed by atoms with Gasteiger partial charge in [0.05, 0.1) is 6.54 Å². The molecular weight excluding hydrogens is 270 g/mol. The smallest absolute Gasteiger partial charge is 0.219 e. The van der Waals surface area contributed by atoms with Crippen LogP contribution in [-0.2, 0) is 17.9 Å². The Bertz CT molecular complexity index is 594. The van der Waals surface area contributed by atoms with Gasteiger partial charge in [-0.25, -0.2) is 4.98 Å². The molecule has 0 radical (unpaired) electrons. The lowest BCUT2D eigenvalue weighted by Gasteiger charge is -2.15. The van der Waals surface area contributed by atoms with Gasteiger partial charge in [-0.05, 0) is 24.6 Å². The molecule has 1 amide bonds. The standard InChI is InChI=1S/C15H19N3OS/c1-11-10-20-15(17-11)8-16-14-6-4-5-13(7-14)9-18(3)12(2)19/h4-7,10,16H,8-9H2,1-3H3. The molecule has 0 saturated carbocycles. The van der Waals surface area contributed by atoms with Crippen LogP contribution in [0.25, 0.3) is 0 Å². The van der Waals surface area contributed by atoms with Crippen molar-refractivity contribution < 1.29 is 4.79 Å². The normalized spacial score (nSPS) is 10.3. The molecule has 0 aliphatic rings. The van der Waals surface area contributed by atoms with Crippen LogP contribution in [0.2, 0.25) is 0 Å². The summed E-state index contributed by atoms with van der Waals surface area (Å²) in [5.74, 6) is 0.0709. The van der Waals surface area contributed by atoms with E-state index in [1.165, 1.54) is 0 Å². The Morgan fingerprint density at radius 3 is 2.90 bits per heavy atom. The van der Waals surface area contributed by atoms with E-state index in [-0.39, 0.29) is 5.91 Å². The van der Waals surface area contributed by atoms with Crippen molar-refractivity contribution in [3.05, 3.63) is 45.9 Å². The Kier molecular flexibility index (Phi) is 4.74. The van der Waals surface area contributed by atoms with Crippen LogP contribution in [0.4, 0.5) is 5.69 Å². The molecule has 2 rings (SSSR count). The zero-order chi connectivity index (χ0) is 14.5. The second-order valence-electron chi connectivity index (χ2n) is 4.81. The Labute approximate surface area is 123 Å². The lowest BCUT2D eigenvalue weighted by atomic mass is 10.2. The van der Waals surface area contributed by atoms with Crippen LogP contribution >= 0.6 is 11.3 Å². The number of benzene rings is 1. The maximum Gasteiger partial charge on any atom is 0.219 e. The summed E-state index contributed by atoms with van der Waals surface area (Å²) < 4.78 is 0. The van der Waals surface area contributed by atoms with Crippen LogP contribution in [0.15, 0.2) is 29.6 Å². The fourth-order valence-electron chi connectivity index (χ4n) is 1.83. The molecule has 0 unspecified atom stereocenters. The van der Waals surface area contributed by atoms with Gasteiger partial charge in [0.25, 0.3) is 0 Å². The summed E-state index contributed by atoms with van der Waals surface area (Å²) in [6, 6.07) is 8.12. The number of rotatable bonds is 5.